The van der Waals surface area contributed by atoms with Crippen LogP contribution in [0.4, 0.5) is 0 Å². The zero-order chi connectivity index (χ0) is 25.5. The van der Waals surface area contributed by atoms with E-state index in [1.165, 1.54) is 4.90 Å². The quantitative estimate of drug-likeness (QED) is 0.418. The third-order valence-corrected chi connectivity index (χ3v) is 7.19. The lowest BCUT2D eigenvalue weighted by Gasteiger charge is -2.41. The molecule has 0 saturated carbocycles. The Bertz CT molecular complexity index is 955. The Labute approximate surface area is 205 Å². The number of hydrogen-bond donors (Lipinski definition) is 2. The average molecular weight is 490 g/mol. The van der Waals surface area contributed by atoms with Crippen molar-refractivity contribution in [2.24, 2.45) is 11.8 Å². The van der Waals surface area contributed by atoms with Crippen molar-refractivity contribution >= 4 is 23.7 Å². The fourth-order valence-electron chi connectivity index (χ4n) is 5.58. The SMILES string of the molecule is C[C@H]1CNC(=O)CC/C=C\CN(C(C)(C)C)C(=O)[C@H]2N(CCO)C(=O)[C@@H]3[C@@H](C(=O)O1)[C@H]1C=C[C@]32O1. The molecule has 3 amide bonds. The maximum absolute atomic E-state index is 14.1. The molecule has 10 nitrogen and oxygen atoms in total. The molecule has 0 aromatic carbocycles. The van der Waals surface area contributed by atoms with Crippen molar-refractivity contribution in [2.75, 3.05) is 26.2 Å². The predicted molar refractivity (Wildman–Crippen MR) is 125 cm³/mol. The Kier molecular flexibility index (Phi) is 6.80. The number of rotatable bonds is 2. The van der Waals surface area contributed by atoms with Crippen LogP contribution in [-0.4, -0.2) is 94.2 Å². The molecule has 2 fully saturated rings. The first-order valence-corrected chi connectivity index (χ1v) is 12.2. The Morgan fingerprint density at radius 3 is 2.60 bits per heavy atom. The van der Waals surface area contributed by atoms with E-state index < -0.39 is 53.1 Å². The minimum absolute atomic E-state index is 0.0482. The van der Waals surface area contributed by atoms with Crippen LogP contribution in [0, 0.1) is 11.8 Å². The van der Waals surface area contributed by atoms with Crippen LogP contribution in [-0.2, 0) is 28.7 Å². The standard InChI is InChI=1S/C25H35N3O7/c1-15-14-26-17(30)8-6-5-7-11-28(24(2,3)4)22(32)20-25-10-9-16(35-25)18(23(33)34-15)19(25)21(31)27(20)12-13-29/h5,7,9-10,15-16,18-20,29H,6,8,11-14H2,1-4H3,(H,26,30)/b7-5-/t15-,16+,18-,19-,20+,25-/m0/s1. The number of aliphatic hydroxyl groups excluding tert-OH is 1. The van der Waals surface area contributed by atoms with Gasteiger partial charge in [0.1, 0.15) is 23.7 Å². The van der Waals surface area contributed by atoms with Gasteiger partial charge < -0.3 is 29.7 Å². The molecule has 10 heteroatoms. The minimum Gasteiger partial charge on any atom is -0.460 e. The van der Waals surface area contributed by atoms with Crippen LogP contribution in [0.25, 0.3) is 0 Å². The topological polar surface area (TPSA) is 125 Å². The van der Waals surface area contributed by atoms with E-state index >= 15 is 0 Å². The Hall–Kier alpha value is -2.72. The summed E-state index contributed by atoms with van der Waals surface area (Å²) >= 11 is 0. The number of ether oxygens (including phenoxy) is 2. The second-order valence-electron chi connectivity index (χ2n) is 10.6. The zero-order valence-corrected chi connectivity index (χ0v) is 20.7. The summed E-state index contributed by atoms with van der Waals surface area (Å²) in [5, 5.41) is 12.5. The van der Waals surface area contributed by atoms with Gasteiger partial charge in [0.05, 0.1) is 25.2 Å². The number of β-amino-alcohol motifs (C(OH)–C–C–N with tert-alkyl or cyclic N) is 1. The second kappa shape index (κ2) is 9.39. The second-order valence-corrected chi connectivity index (χ2v) is 10.6. The lowest BCUT2D eigenvalue weighted by atomic mass is 9.74. The Morgan fingerprint density at radius 2 is 1.91 bits per heavy atom. The summed E-state index contributed by atoms with van der Waals surface area (Å²) in [6, 6.07) is -1.02. The number of amides is 3. The van der Waals surface area contributed by atoms with Gasteiger partial charge in [-0.05, 0) is 34.1 Å². The fraction of sp³-hybridized carbons (Fsp3) is 0.680. The van der Waals surface area contributed by atoms with Gasteiger partial charge in [0.15, 0.2) is 0 Å². The van der Waals surface area contributed by atoms with Crippen LogP contribution < -0.4 is 5.32 Å². The number of aliphatic hydroxyl groups is 1. The predicted octanol–water partition coefficient (Wildman–Crippen LogP) is 0.154. The van der Waals surface area contributed by atoms with Gasteiger partial charge in [0.2, 0.25) is 17.7 Å². The van der Waals surface area contributed by atoms with E-state index in [-0.39, 0.29) is 44.5 Å². The molecule has 4 heterocycles. The number of allylic oxidation sites excluding steroid dienone is 1. The first-order chi connectivity index (χ1) is 16.5. The molecule has 2 N–H and O–H groups in total. The minimum atomic E-state index is -1.31. The van der Waals surface area contributed by atoms with Gasteiger partial charge in [-0.15, -0.1) is 0 Å². The molecule has 4 aliphatic heterocycles. The van der Waals surface area contributed by atoms with E-state index in [4.69, 9.17) is 9.47 Å². The molecular formula is C25H35N3O7. The molecule has 192 valence electrons. The van der Waals surface area contributed by atoms with Gasteiger partial charge in [0, 0.05) is 25.0 Å². The maximum atomic E-state index is 14.1. The van der Waals surface area contributed by atoms with E-state index in [9.17, 15) is 24.3 Å². The first kappa shape index (κ1) is 25.4. The molecule has 35 heavy (non-hydrogen) atoms. The molecular weight excluding hydrogens is 454 g/mol. The highest BCUT2D eigenvalue weighted by molar-refractivity contribution is 5.99. The van der Waals surface area contributed by atoms with E-state index in [0.29, 0.717) is 6.42 Å². The van der Waals surface area contributed by atoms with Crippen LogP contribution in [0.2, 0.25) is 0 Å². The molecule has 4 aliphatic rings. The smallest absolute Gasteiger partial charge is 0.313 e. The molecule has 5 bridgehead atoms. The van der Waals surface area contributed by atoms with Crippen molar-refractivity contribution < 1.29 is 33.8 Å². The van der Waals surface area contributed by atoms with Crippen LogP contribution >= 0.6 is 0 Å². The van der Waals surface area contributed by atoms with Crippen molar-refractivity contribution in [3.63, 3.8) is 0 Å². The molecule has 2 saturated heterocycles. The van der Waals surface area contributed by atoms with Crippen molar-refractivity contribution in [3.05, 3.63) is 24.3 Å². The largest absolute Gasteiger partial charge is 0.460 e. The van der Waals surface area contributed by atoms with Gasteiger partial charge in [-0.1, -0.05) is 24.3 Å². The molecule has 1 spiro atoms. The fourth-order valence-corrected chi connectivity index (χ4v) is 5.58. The summed E-state index contributed by atoms with van der Waals surface area (Å²) in [4.78, 5) is 56.2. The Balaban J connectivity index is 1.77. The summed E-state index contributed by atoms with van der Waals surface area (Å²) in [5.74, 6) is -3.33. The number of nitrogens with one attached hydrogen (secondary N) is 1. The summed E-state index contributed by atoms with van der Waals surface area (Å²) < 4.78 is 11.9. The van der Waals surface area contributed by atoms with Crippen LogP contribution in [0.15, 0.2) is 24.3 Å². The van der Waals surface area contributed by atoms with Gasteiger partial charge >= 0.3 is 5.97 Å². The highest BCUT2D eigenvalue weighted by Crippen LogP contribution is 2.55. The third-order valence-electron chi connectivity index (χ3n) is 7.19. The number of likely N-dealkylation sites (tertiary alicyclic amines) is 1. The highest BCUT2D eigenvalue weighted by Gasteiger charge is 2.73. The van der Waals surface area contributed by atoms with Crippen LogP contribution in [0.5, 0.6) is 0 Å². The van der Waals surface area contributed by atoms with Gasteiger partial charge in [0.25, 0.3) is 0 Å². The summed E-state index contributed by atoms with van der Waals surface area (Å²) in [6.07, 6.45) is 6.63. The van der Waals surface area contributed by atoms with Crippen molar-refractivity contribution in [2.45, 2.75) is 69.9 Å². The van der Waals surface area contributed by atoms with E-state index in [0.717, 1.165) is 0 Å². The molecule has 0 aromatic heterocycles. The van der Waals surface area contributed by atoms with E-state index in [1.54, 1.807) is 24.0 Å². The molecule has 4 rings (SSSR count). The first-order valence-electron chi connectivity index (χ1n) is 12.2. The molecule has 0 aliphatic carbocycles. The molecule has 0 unspecified atom stereocenters. The summed E-state index contributed by atoms with van der Waals surface area (Å²) in [7, 11) is 0. The molecule has 0 radical (unpaired) electrons. The monoisotopic (exact) mass is 489 g/mol. The maximum Gasteiger partial charge on any atom is 0.313 e. The summed E-state index contributed by atoms with van der Waals surface area (Å²) in [5.41, 5.74) is -1.89. The number of cyclic esters (lactones) is 1. The number of fused-ring (bicyclic) bond motifs is 2. The highest BCUT2D eigenvalue weighted by atomic mass is 16.6. The van der Waals surface area contributed by atoms with Gasteiger partial charge in [-0.3, -0.25) is 19.2 Å². The number of hydrogen-bond acceptors (Lipinski definition) is 7. The number of carbonyl (C=O) groups is 4. The van der Waals surface area contributed by atoms with Crippen molar-refractivity contribution in [3.8, 4) is 0 Å². The van der Waals surface area contributed by atoms with Crippen LogP contribution in [0.1, 0.15) is 40.5 Å². The lowest BCUT2D eigenvalue weighted by molar-refractivity contribution is -0.158. The number of esters is 1. The van der Waals surface area contributed by atoms with E-state index in [1.807, 2.05) is 32.9 Å². The normalized spacial score (nSPS) is 36.9. The van der Waals surface area contributed by atoms with Gasteiger partial charge in [-0.25, -0.2) is 0 Å². The number of nitrogens with zero attached hydrogens (tertiary/aromatic N) is 2. The van der Waals surface area contributed by atoms with Gasteiger partial charge in [-0.2, -0.15) is 0 Å². The summed E-state index contributed by atoms with van der Waals surface area (Å²) in [6.45, 7) is 7.44. The van der Waals surface area contributed by atoms with E-state index in [2.05, 4.69) is 5.32 Å². The molecule has 6 atom stereocenters. The Morgan fingerprint density at radius 1 is 1.17 bits per heavy atom. The van der Waals surface area contributed by atoms with Crippen molar-refractivity contribution in [1.29, 1.82) is 0 Å². The van der Waals surface area contributed by atoms with Crippen molar-refractivity contribution in [1.82, 2.24) is 15.1 Å². The molecule has 0 aromatic rings. The lowest BCUT2D eigenvalue weighted by Crippen LogP contribution is -2.59. The zero-order valence-electron chi connectivity index (χ0n) is 20.7. The number of carbonyl (C=O) groups excluding carboxylic acids is 4. The average Bonchev–Trinajstić information content (AvgIpc) is 3.41. The van der Waals surface area contributed by atoms with Crippen LogP contribution in [0.3, 0.4) is 0 Å². The third kappa shape index (κ3) is 4.38.